The normalized spacial score (nSPS) is 11.0. The highest BCUT2D eigenvalue weighted by molar-refractivity contribution is 5.90. The molecule has 0 aliphatic carbocycles. The summed E-state index contributed by atoms with van der Waals surface area (Å²) in [4.78, 5) is 23.5. The van der Waals surface area contributed by atoms with Crippen molar-refractivity contribution in [2.45, 2.75) is 33.6 Å². The van der Waals surface area contributed by atoms with Crippen LogP contribution >= 0.6 is 0 Å². The molecular formula is C17H27N3O3. The zero-order valence-electron chi connectivity index (χ0n) is 14.1. The lowest BCUT2D eigenvalue weighted by molar-refractivity contribution is -0.128. The first kappa shape index (κ1) is 19.0. The molecule has 4 N–H and O–H groups in total. The van der Waals surface area contributed by atoms with Crippen LogP contribution in [0.25, 0.3) is 0 Å². The number of carbonyl (C=O) groups is 2. The predicted octanol–water partition coefficient (Wildman–Crippen LogP) is 1.91. The molecule has 1 aromatic rings. The molecule has 0 atom stereocenters. The summed E-state index contributed by atoms with van der Waals surface area (Å²) >= 11 is 0. The summed E-state index contributed by atoms with van der Waals surface area (Å²) in [5.74, 6) is 0.634. The quantitative estimate of drug-likeness (QED) is 0.638. The summed E-state index contributed by atoms with van der Waals surface area (Å²) in [5.41, 5.74) is 5.67. The van der Waals surface area contributed by atoms with E-state index in [0.29, 0.717) is 38.2 Å². The number of hydrogen-bond acceptors (Lipinski definition) is 4. The Morgan fingerprint density at radius 2 is 1.83 bits per heavy atom. The minimum absolute atomic E-state index is 0.00836. The summed E-state index contributed by atoms with van der Waals surface area (Å²) in [6.45, 7) is 6.99. The SMILES string of the molecule is CC(C)(C)C(=O)NCCCC(=O)Nc1ccc(OCCN)cc1. The molecule has 0 spiro atoms. The van der Waals surface area contributed by atoms with Gasteiger partial charge in [-0.3, -0.25) is 9.59 Å². The first-order chi connectivity index (χ1) is 10.8. The van der Waals surface area contributed by atoms with E-state index >= 15 is 0 Å². The smallest absolute Gasteiger partial charge is 0.225 e. The van der Waals surface area contributed by atoms with Crippen molar-refractivity contribution in [3.63, 3.8) is 0 Å². The summed E-state index contributed by atoms with van der Waals surface area (Å²) in [7, 11) is 0. The molecule has 0 aromatic heterocycles. The second kappa shape index (κ2) is 9.15. The molecule has 1 aromatic carbocycles. The Balaban J connectivity index is 2.27. The third kappa shape index (κ3) is 7.65. The number of nitrogens with two attached hydrogens (primary N) is 1. The van der Waals surface area contributed by atoms with Crippen LogP contribution in [-0.2, 0) is 9.59 Å². The van der Waals surface area contributed by atoms with E-state index < -0.39 is 5.41 Å². The third-order valence-corrected chi connectivity index (χ3v) is 3.07. The van der Waals surface area contributed by atoms with Gasteiger partial charge in [0.25, 0.3) is 0 Å². The standard InChI is InChI=1S/C17H27N3O3/c1-17(2,3)16(22)19-11-4-5-15(21)20-13-6-8-14(9-7-13)23-12-10-18/h6-9H,4-5,10-12,18H2,1-3H3,(H,19,22)(H,20,21). The van der Waals surface area contributed by atoms with Crippen molar-refractivity contribution in [1.82, 2.24) is 5.32 Å². The summed E-state index contributed by atoms with van der Waals surface area (Å²) in [5, 5.41) is 5.63. The van der Waals surface area contributed by atoms with Gasteiger partial charge in [0, 0.05) is 30.6 Å². The zero-order valence-corrected chi connectivity index (χ0v) is 14.1. The van der Waals surface area contributed by atoms with Crippen LogP contribution in [0.2, 0.25) is 0 Å². The number of ether oxygens (including phenoxy) is 1. The summed E-state index contributed by atoms with van der Waals surface area (Å²) in [6.07, 6.45) is 0.960. The maximum Gasteiger partial charge on any atom is 0.225 e. The molecule has 6 nitrogen and oxygen atoms in total. The fraction of sp³-hybridized carbons (Fsp3) is 0.529. The molecule has 0 radical (unpaired) electrons. The van der Waals surface area contributed by atoms with Crippen molar-refractivity contribution in [3.8, 4) is 5.75 Å². The number of rotatable bonds is 8. The molecular weight excluding hydrogens is 294 g/mol. The number of nitrogens with one attached hydrogen (secondary N) is 2. The maximum atomic E-state index is 11.8. The topological polar surface area (TPSA) is 93.5 Å². The lowest BCUT2D eigenvalue weighted by Gasteiger charge is -2.17. The van der Waals surface area contributed by atoms with E-state index in [2.05, 4.69) is 10.6 Å². The monoisotopic (exact) mass is 321 g/mol. The van der Waals surface area contributed by atoms with E-state index in [1.54, 1.807) is 24.3 Å². The van der Waals surface area contributed by atoms with Gasteiger partial charge in [0.15, 0.2) is 0 Å². The largest absolute Gasteiger partial charge is 0.492 e. The van der Waals surface area contributed by atoms with Gasteiger partial charge >= 0.3 is 0 Å². The lowest BCUT2D eigenvalue weighted by Crippen LogP contribution is -2.35. The minimum Gasteiger partial charge on any atom is -0.492 e. The molecule has 0 fully saturated rings. The Labute approximate surface area is 137 Å². The molecule has 128 valence electrons. The van der Waals surface area contributed by atoms with Gasteiger partial charge in [-0.1, -0.05) is 20.8 Å². The fourth-order valence-electron chi connectivity index (χ4n) is 1.75. The molecule has 0 unspecified atom stereocenters. The molecule has 23 heavy (non-hydrogen) atoms. The first-order valence-corrected chi connectivity index (χ1v) is 7.84. The highest BCUT2D eigenvalue weighted by atomic mass is 16.5. The van der Waals surface area contributed by atoms with Gasteiger partial charge in [-0.05, 0) is 30.7 Å². The number of benzene rings is 1. The van der Waals surface area contributed by atoms with E-state index in [9.17, 15) is 9.59 Å². The fourth-order valence-corrected chi connectivity index (χ4v) is 1.75. The molecule has 1 rings (SSSR count). The Bertz CT molecular complexity index is 507. The second-order valence-corrected chi connectivity index (χ2v) is 6.32. The van der Waals surface area contributed by atoms with Crippen LogP contribution in [0.3, 0.4) is 0 Å². The molecule has 0 saturated carbocycles. The second-order valence-electron chi connectivity index (χ2n) is 6.32. The number of anilines is 1. The molecule has 0 aliphatic heterocycles. The minimum atomic E-state index is -0.407. The summed E-state index contributed by atoms with van der Waals surface area (Å²) < 4.78 is 5.37. The lowest BCUT2D eigenvalue weighted by atomic mass is 9.96. The van der Waals surface area contributed by atoms with Gasteiger partial charge in [-0.15, -0.1) is 0 Å². The molecule has 0 saturated heterocycles. The van der Waals surface area contributed by atoms with Crippen molar-refractivity contribution < 1.29 is 14.3 Å². The third-order valence-electron chi connectivity index (χ3n) is 3.07. The van der Waals surface area contributed by atoms with Crippen molar-refractivity contribution in [3.05, 3.63) is 24.3 Å². The van der Waals surface area contributed by atoms with Gasteiger partial charge in [0.1, 0.15) is 12.4 Å². The van der Waals surface area contributed by atoms with Crippen molar-refractivity contribution >= 4 is 17.5 Å². The molecule has 0 bridgehead atoms. The van der Waals surface area contributed by atoms with E-state index in [1.165, 1.54) is 0 Å². The average Bonchev–Trinajstić information content (AvgIpc) is 2.49. The Morgan fingerprint density at radius 1 is 1.17 bits per heavy atom. The van der Waals surface area contributed by atoms with Crippen LogP contribution in [0.1, 0.15) is 33.6 Å². The molecule has 0 heterocycles. The van der Waals surface area contributed by atoms with Crippen LogP contribution in [0.4, 0.5) is 5.69 Å². The predicted molar refractivity (Wildman–Crippen MR) is 91.3 cm³/mol. The Morgan fingerprint density at radius 3 is 2.39 bits per heavy atom. The number of hydrogen-bond donors (Lipinski definition) is 3. The van der Waals surface area contributed by atoms with Crippen LogP contribution in [0.15, 0.2) is 24.3 Å². The van der Waals surface area contributed by atoms with Crippen molar-refractivity contribution in [2.24, 2.45) is 11.1 Å². The van der Waals surface area contributed by atoms with Crippen molar-refractivity contribution in [2.75, 3.05) is 25.0 Å². The Kier molecular flexibility index (Phi) is 7.54. The van der Waals surface area contributed by atoms with Crippen LogP contribution in [0.5, 0.6) is 5.75 Å². The van der Waals surface area contributed by atoms with Crippen LogP contribution < -0.4 is 21.1 Å². The van der Waals surface area contributed by atoms with Gasteiger partial charge in [0.05, 0.1) is 0 Å². The highest BCUT2D eigenvalue weighted by Gasteiger charge is 2.20. The number of amides is 2. The average molecular weight is 321 g/mol. The maximum absolute atomic E-state index is 11.8. The zero-order chi connectivity index (χ0) is 17.3. The molecule has 2 amide bonds. The number of carbonyl (C=O) groups excluding carboxylic acids is 2. The van der Waals surface area contributed by atoms with Gasteiger partial charge < -0.3 is 21.1 Å². The van der Waals surface area contributed by atoms with Crippen LogP contribution in [-0.4, -0.2) is 31.5 Å². The van der Waals surface area contributed by atoms with Gasteiger partial charge in [-0.2, -0.15) is 0 Å². The van der Waals surface area contributed by atoms with E-state index in [1.807, 2.05) is 20.8 Å². The van der Waals surface area contributed by atoms with E-state index in [0.717, 1.165) is 5.75 Å². The van der Waals surface area contributed by atoms with Crippen LogP contribution in [0, 0.1) is 5.41 Å². The van der Waals surface area contributed by atoms with E-state index in [4.69, 9.17) is 10.5 Å². The van der Waals surface area contributed by atoms with Gasteiger partial charge in [-0.25, -0.2) is 0 Å². The first-order valence-electron chi connectivity index (χ1n) is 7.84. The molecule has 6 heteroatoms. The van der Waals surface area contributed by atoms with E-state index in [-0.39, 0.29) is 11.8 Å². The van der Waals surface area contributed by atoms with Crippen molar-refractivity contribution in [1.29, 1.82) is 0 Å². The highest BCUT2D eigenvalue weighted by Crippen LogP contribution is 2.16. The summed E-state index contributed by atoms with van der Waals surface area (Å²) in [6, 6.07) is 7.14. The van der Waals surface area contributed by atoms with Gasteiger partial charge in [0.2, 0.25) is 11.8 Å². The Hall–Kier alpha value is -2.08. The molecule has 0 aliphatic rings.